The fraction of sp³-hybridized carbons (Fsp3) is 0.278. The fourth-order valence-electron chi connectivity index (χ4n) is 2.07. The van der Waals surface area contributed by atoms with E-state index in [0.717, 1.165) is 28.9 Å². The summed E-state index contributed by atoms with van der Waals surface area (Å²) >= 11 is 0. The summed E-state index contributed by atoms with van der Waals surface area (Å²) in [6, 6.07) is 15.3. The first-order valence-corrected chi connectivity index (χ1v) is 7.33. The lowest BCUT2D eigenvalue weighted by atomic mass is 10.1. The Morgan fingerprint density at radius 3 is 2.45 bits per heavy atom. The number of aliphatic hydroxyl groups excluding tert-OH is 1. The quantitative estimate of drug-likeness (QED) is 0.824. The van der Waals surface area contributed by atoms with E-state index in [9.17, 15) is 4.79 Å². The molecular weight excluding hydrogens is 278 g/mol. The molecule has 22 heavy (non-hydrogen) atoms. The molecule has 0 radical (unpaired) electrons. The van der Waals surface area contributed by atoms with Crippen LogP contribution in [-0.4, -0.2) is 24.2 Å². The summed E-state index contributed by atoms with van der Waals surface area (Å²) < 4.78 is 5.49. The third kappa shape index (κ3) is 4.90. The Bertz CT molecular complexity index is 608. The van der Waals surface area contributed by atoms with Gasteiger partial charge < -0.3 is 15.2 Å². The zero-order valence-corrected chi connectivity index (χ0v) is 12.7. The number of carbonyl (C=O) groups is 1. The second-order valence-electron chi connectivity index (χ2n) is 5.13. The lowest BCUT2D eigenvalue weighted by Crippen LogP contribution is -2.30. The van der Waals surface area contributed by atoms with Crippen molar-refractivity contribution in [3.05, 3.63) is 65.2 Å². The van der Waals surface area contributed by atoms with Crippen LogP contribution in [0.3, 0.4) is 0 Å². The molecule has 4 nitrogen and oxygen atoms in total. The predicted molar refractivity (Wildman–Crippen MR) is 85.8 cm³/mol. The lowest BCUT2D eigenvalue weighted by molar-refractivity contribution is -0.123. The molecule has 0 aliphatic heterocycles. The number of rotatable bonds is 7. The van der Waals surface area contributed by atoms with Gasteiger partial charge in [-0.25, -0.2) is 0 Å². The number of ether oxygens (including phenoxy) is 1. The van der Waals surface area contributed by atoms with Crippen LogP contribution in [0.1, 0.15) is 16.7 Å². The minimum absolute atomic E-state index is 0.0221. The summed E-state index contributed by atoms with van der Waals surface area (Å²) in [5.74, 6) is 0.604. The molecule has 0 saturated heterocycles. The van der Waals surface area contributed by atoms with E-state index < -0.39 is 0 Å². The third-order valence-corrected chi connectivity index (χ3v) is 3.39. The van der Waals surface area contributed by atoms with Crippen molar-refractivity contribution in [2.45, 2.75) is 20.0 Å². The summed E-state index contributed by atoms with van der Waals surface area (Å²) in [5, 5.41) is 11.8. The summed E-state index contributed by atoms with van der Waals surface area (Å²) in [6.45, 7) is 2.58. The topological polar surface area (TPSA) is 58.6 Å². The van der Waals surface area contributed by atoms with Crippen molar-refractivity contribution in [3.8, 4) is 5.75 Å². The SMILES string of the molecule is Cc1ccccc1OCC(=O)NCCc1ccc(CO)cc1. The van der Waals surface area contributed by atoms with Crippen molar-refractivity contribution in [3.63, 3.8) is 0 Å². The summed E-state index contributed by atoms with van der Waals surface area (Å²) in [5.41, 5.74) is 3.02. The summed E-state index contributed by atoms with van der Waals surface area (Å²) in [6.07, 6.45) is 0.752. The van der Waals surface area contributed by atoms with E-state index in [1.165, 1.54) is 0 Å². The summed E-state index contributed by atoms with van der Waals surface area (Å²) in [4.78, 5) is 11.7. The molecule has 0 spiro atoms. The van der Waals surface area contributed by atoms with Crippen LogP contribution in [0, 0.1) is 6.92 Å². The average molecular weight is 299 g/mol. The van der Waals surface area contributed by atoms with E-state index in [1.54, 1.807) is 0 Å². The minimum atomic E-state index is -0.129. The molecule has 2 rings (SSSR count). The fourth-order valence-corrected chi connectivity index (χ4v) is 2.07. The Hall–Kier alpha value is -2.33. The molecule has 0 unspecified atom stereocenters. The van der Waals surface area contributed by atoms with Crippen molar-refractivity contribution in [1.82, 2.24) is 5.32 Å². The maximum absolute atomic E-state index is 11.7. The van der Waals surface area contributed by atoms with Crippen LogP contribution in [0.5, 0.6) is 5.75 Å². The first kappa shape index (κ1) is 16.0. The molecule has 116 valence electrons. The Morgan fingerprint density at radius 2 is 1.77 bits per heavy atom. The van der Waals surface area contributed by atoms with Gasteiger partial charge in [0, 0.05) is 6.54 Å². The molecule has 0 heterocycles. The molecular formula is C18H21NO3. The van der Waals surface area contributed by atoms with Gasteiger partial charge in [-0.1, -0.05) is 42.5 Å². The van der Waals surface area contributed by atoms with E-state index >= 15 is 0 Å². The smallest absolute Gasteiger partial charge is 0.257 e. The van der Waals surface area contributed by atoms with Crippen LogP contribution in [0.4, 0.5) is 0 Å². The van der Waals surface area contributed by atoms with Crippen LogP contribution in [0.2, 0.25) is 0 Å². The number of aryl methyl sites for hydroxylation is 1. The van der Waals surface area contributed by atoms with Crippen molar-refractivity contribution >= 4 is 5.91 Å². The highest BCUT2D eigenvalue weighted by Crippen LogP contribution is 2.15. The first-order valence-electron chi connectivity index (χ1n) is 7.33. The van der Waals surface area contributed by atoms with Gasteiger partial charge in [-0.05, 0) is 36.1 Å². The van der Waals surface area contributed by atoms with Gasteiger partial charge in [0.25, 0.3) is 5.91 Å². The van der Waals surface area contributed by atoms with E-state index in [-0.39, 0.29) is 19.1 Å². The number of aliphatic hydroxyl groups is 1. The van der Waals surface area contributed by atoms with Gasteiger partial charge in [0.15, 0.2) is 6.61 Å². The zero-order chi connectivity index (χ0) is 15.8. The highest BCUT2D eigenvalue weighted by molar-refractivity contribution is 5.77. The van der Waals surface area contributed by atoms with E-state index in [2.05, 4.69) is 5.32 Å². The van der Waals surface area contributed by atoms with Crippen LogP contribution in [0.25, 0.3) is 0 Å². The maximum Gasteiger partial charge on any atom is 0.257 e. The molecule has 0 atom stereocenters. The Morgan fingerprint density at radius 1 is 1.09 bits per heavy atom. The molecule has 0 fully saturated rings. The molecule has 2 N–H and O–H groups in total. The van der Waals surface area contributed by atoms with E-state index in [4.69, 9.17) is 9.84 Å². The Labute approximate surface area is 130 Å². The monoisotopic (exact) mass is 299 g/mol. The van der Waals surface area contributed by atoms with Crippen LogP contribution in [0.15, 0.2) is 48.5 Å². The normalized spacial score (nSPS) is 10.3. The standard InChI is InChI=1S/C18H21NO3/c1-14-4-2-3-5-17(14)22-13-18(21)19-11-10-15-6-8-16(12-20)9-7-15/h2-9,20H,10-13H2,1H3,(H,19,21). The molecule has 0 aromatic heterocycles. The Balaban J connectivity index is 1.70. The Kier molecular flexibility index (Phi) is 5.98. The second kappa shape index (κ2) is 8.20. The first-order chi connectivity index (χ1) is 10.7. The van der Waals surface area contributed by atoms with Crippen LogP contribution < -0.4 is 10.1 Å². The molecule has 2 aromatic rings. The number of hydrogen-bond donors (Lipinski definition) is 2. The van der Waals surface area contributed by atoms with Crippen LogP contribution in [-0.2, 0) is 17.8 Å². The van der Waals surface area contributed by atoms with Crippen molar-refractivity contribution in [2.24, 2.45) is 0 Å². The maximum atomic E-state index is 11.7. The van der Waals surface area contributed by atoms with Gasteiger partial charge in [0.1, 0.15) is 5.75 Å². The van der Waals surface area contributed by atoms with Gasteiger partial charge in [-0.2, -0.15) is 0 Å². The third-order valence-electron chi connectivity index (χ3n) is 3.39. The predicted octanol–water partition coefficient (Wildman–Crippen LogP) is 2.23. The zero-order valence-electron chi connectivity index (χ0n) is 12.7. The molecule has 0 saturated carbocycles. The number of para-hydroxylation sites is 1. The van der Waals surface area contributed by atoms with Gasteiger partial charge in [-0.3, -0.25) is 4.79 Å². The number of benzene rings is 2. The van der Waals surface area contributed by atoms with Crippen LogP contribution >= 0.6 is 0 Å². The number of hydrogen-bond acceptors (Lipinski definition) is 3. The van der Waals surface area contributed by atoms with Gasteiger partial charge in [-0.15, -0.1) is 0 Å². The highest BCUT2D eigenvalue weighted by Gasteiger charge is 2.04. The summed E-state index contributed by atoms with van der Waals surface area (Å²) in [7, 11) is 0. The molecule has 4 heteroatoms. The molecule has 0 aliphatic rings. The molecule has 0 aliphatic carbocycles. The van der Waals surface area contributed by atoms with E-state index in [1.807, 2.05) is 55.5 Å². The minimum Gasteiger partial charge on any atom is -0.484 e. The van der Waals surface area contributed by atoms with E-state index in [0.29, 0.717) is 6.54 Å². The largest absolute Gasteiger partial charge is 0.484 e. The van der Waals surface area contributed by atoms with Crippen molar-refractivity contribution in [2.75, 3.05) is 13.2 Å². The second-order valence-corrected chi connectivity index (χ2v) is 5.13. The number of amides is 1. The van der Waals surface area contributed by atoms with Crippen molar-refractivity contribution < 1.29 is 14.6 Å². The lowest BCUT2D eigenvalue weighted by Gasteiger charge is -2.09. The van der Waals surface area contributed by atoms with Gasteiger partial charge in [0.05, 0.1) is 6.61 Å². The highest BCUT2D eigenvalue weighted by atomic mass is 16.5. The molecule has 2 aromatic carbocycles. The molecule has 1 amide bonds. The van der Waals surface area contributed by atoms with Gasteiger partial charge >= 0.3 is 0 Å². The van der Waals surface area contributed by atoms with Gasteiger partial charge in [0.2, 0.25) is 0 Å². The molecule has 0 bridgehead atoms. The average Bonchev–Trinajstić information content (AvgIpc) is 2.55. The van der Waals surface area contributed by atoms with Crippen molar-refractivity contribution in [1.29, 1.82) is 0 Å². The number of carbonyl (C=O) groups excluding carboxylic acids is 1. The number of nitrogens with one attached hydrogen (secondary N) is 1.